The lowest BCUT2D eigenvalue weighted by Crippen LogP contribution is -2.58. The Labute approximate surface area is 225 Å². The number of allylic oxidation sites excluding steroid dienone is 2. The largest absolute Gasteiger partial charge is 0.478 e. The summed E-state index contributed by atoms with van der Waals surface area (Å²) in [5.41, 5.74) is 2.19. The highest BCUT2D eigenvalue weighted by atomic mass is 35.5. The number of carboxylic acids is 1. The first-order chi connectivity index (χ1) is 17.9. The number of alkyl halides is 1. The van der Waals surface area contributed by atoms with E-state index in [0.29, 0.717) is 25.5 Å². The molecule has 3 aromatic rings. The molecular formula is C24H25ClN6O4S2. The Morgan fingerprint density at radius 3 is 3.14 bits per heavy atom. The van der Waals surface area contributed by atoms with Crippen LogP contribution in [0.25, 0.3) is 4.96 Å². The molecule has 0 saturated carbocycles. The number of thiophene rings is 1. The van der Waals surface area contributed by atoms with Crippen LogP contribution >= 0.6 is 34.3 Å². The number of carbonyl (C=O) groups is 1. The van der Waals surface area contributed by atoms with E-state index in [0.717, 1.165) is 39.2 Å². The van der Waals surface area contributed by atoms with Crippen molar-refractivity contribution in [2.45, 2.75) is 30.5 Å². The van der Waals surface area contributed by atoms with Gasteiger partial charge in [-0.05, 0) is 31.3 Å². The van der Waals surface area contributed by atoms with E-state index >= 15 is 0 Å². The second-order valence-electron chi connectivity index (χ2n) is 8.91. The molecule has 10 nitrogen and oxygen atoms in total. The monoisotopic (exact) mass is 560 g/mol. The Hall–Kier alpha value is -2.90. The first-order valence-electron chi connectivity index (χ1n) is 11.9. The van der Waals surface area contributed by atoms with Gasteiger partial charge in [-0.1, -0.05) is 22.9 Å². The third-order valence-electron chi connectivity index (χ3n) is 6.56. The molecule has 194 valence electrons. The molecule has 6 rings (SSSR count). The lowest BCUT2D eigenvalue weighted by atomic mass is 10.0. The number of hydrogen-bond acceptors (Lipinski definition) is 10. The summed E-state index contributed by atoms with van der Waals surface area (Å²) in [5.74, 6) is -0.420. The standard InChI is InChI=1S/C24H25ClN6O4S2/c1-14-29-31-20-16(28-23(31)37-14)4-7-30(21(20)17-11-15(13-36-17)22(32)33)8-10-35-18-3-2-5-27-24(18,25)19-12-26-6-9-34-19/h2-3,5,8,10-11,13,19,21,26-27H,4,6-7,9,12H2,1H3,(H,32,33). The second-order valence-corrected chi connectivity index (χ2v) is 11.6. The lowest BCUT2D eigenvalue weighted by molar-refractivity contribution is -0.00620. The summed E-state index contributed by atoms with van der Waals surface area (Å²) in [6.07, 6.45) is 9.36. The molecule has 1 fully saturated rings. The molecule has 3 N–H and O–H groups in total. The fourth-order valence-corrected chi connectivity index (χ4v) is 6.91. The van der Waals surface area contributed by atoms with Crippen LogP contribution < -0.4 is 10.6 Å². The lowest BCUT2D eigenvalue weighted by Gasteiger charge is -2.39. The number of fused-ring (bicyclic) bond motifs is 3. The summed E-state index contributed by atoms with van der Waals surface area (Å²) >= 11 is 9.93. The van der Waals surface area contributed by atoms with Gasteiger partial charge >= 0.3 is 5.97 Å². The molecule has 6 heterocycles. The highest BCUT2D eigenvalue weighted by Gasteiger charge is 2.44. The molecule has 13 heteroatoms. The van der Waals surface area contributed by atoms with Gasteiger partial charge in [0.1, 0.15) is 29.2 Å². The number of aryl methyl sites for hydroxylation is 1. The predicted molar refractivity (Wildman–Crippen MR) is 141 cm³/mol. The van der Waals surface area contributed by atoms with Crippen LogP contribution in [-0.4, -0.2) is 67.9 Å². The van der Waals surface area contributed by atoms with Crippen LogP contribution in [0, 0.1) is 6.92 Å². The molecule has 0 aromatic carbocycles. The number of aromatic nitrogens is 3. The highest BCUT2D eigenvalue weighted by Crippen LogP contribution is 2.39. The van der Waals surface area contributed by atoms with Crippen LogP contribution in [0.1, 0.15) is 37.7 Å². The van der Waals surface area contributed by atoms with Crippen LogP contribution in [0.4, 0.5) is 0 Å². The fraction of sp³-hybridized carbons (Fsp3) is 0.375. The van der Waals surface area contributed by atoms with E-state index in [1.165, 1.54) is 11.3 Å². The summed E-state index contributed by atoms with van der Waals surface area (Å²) in [7, 11) is 0. The molecule has 3 unspecified atom stereocenters. The van der Waals surface area contributed by atoms with Crippen LogP contribution in [0.5, 0.6) is 0 Å². The minimum atomic E-state index is -1.04. The number of carboxylic acid groups (broad SMARTS) is 1. The van der Waals surface area contributed by atoms with Gasteiger partial charge in [-0.15, -0.1) is 11.3 Å². The van der Waals surface area contributed by atoms with Gasteiger partial charge < -0.3 is 30.1 Å². The van der Waals surface area contributed by atoms with E-state index in [1.807, 2.05) is 29.8 Å². The van der Waals surface area contributed by atoms with Crippen molar-refractivity contribution < 1.29 is 19.4 Å². The van der Waals surface area contributed by atoms with Gasteiger partial charge in [0, 0.05) is 42.5 Å². The van der Waals surface area contributed by atoms with Gasteiger partial charge in [0.15, 0.2) is 5.00 Å². The Balaban J connectivity index is 1.31. The number of imidazole rings is 1. The first-order valence-corrected chi connectivity index (χ1v) is 13.9. The number of aromatic carboxylic acids is 1. The van der Waals surface area contributed by atoms with Crippen molar-refractivity contribution in [3.05, 3.63) is 74.9 Å². The summed E-state index contributed by atoms with van der Waals surface area (Å²) < 4.78 is 13.9. The van der Waals surface area contributed by atoms with E-state index < -0.39 is 11.0 Å². The SMILES string of the molecule is Cc1nn2c3c(nc2s1)CCN(C=COC1=CC=CNC1(Cl)C1CNCCO1)C3c1cc(C(=O)O)cs1. The minimum absolute atomic E-state index is 0.261. The maximum Gasteiger partial charge on any atom is 0.336 e. The van der Waals surface area contributed by atoms with Crippen molar-refractivity contribution in [3.63, 3.8) is 0 Å². The van der Waals surface area contributed by atoms with Gasteiger partial charge in [-0.3, -0.25) is 0 Å². The van der Waals surface area contributed by atoms with Gasteiger partial charge in [0.2, 0.25) is 4.96 Å². The van der Waals surface area contributed by atoms with E-state index in [2.05, 4.69) is 20.6 Å². The number of nitrogens with one attached hydrogen (secondary N) is 2. The van der Waals surface area contributed by atoms with Crippen LogP contribution in [0.15, 0.2) is 48.0 Å². The Kier molecular flexibility index (Phi) is 6.45. The Morgan fingerprint density at radius 1 is 1.46 bits per heavy atom. The Bertz CT molecular complexity index is 1420. The number of rotatable bonds is 6. The van der Waals surface area contributed by atoms with E-state index in [9.17, 15) is 9.90 Å². The van der Waals surface area contributed by atoms with Crippen molar-refractivity contribution in [2.24, 2.45) is 0 Å². The van der Waals surface area contributed by atoms with Gasteiger partial charge in [0.05, 0.1) is 23.6 Å². The van der Waals surface area contributed by atoms with Gasteiger partial charge in [-0.25, -0.2) is 14.3 Å². The number of morpholine rings is 1. The van der Waals surface area contributed by atoms with E-state index in [4.69, 9.17) is 26.1 Å². The molecule has 3 aliphatic rings. The summed E-state index contributed by atoms with van der Waals surface area (Å²) in [4.78, 5) is 19.2. The molecule has 3 atom stereocenters. The van der Waals surface area contributed by atoms with Crippen LogP contribution in [0.3, 0.4) is 0 Å². The molecule has 0 spiro atoms. The molecule has 0 bridgehead atoms. The van der Waals surface area contributed by atoms with Crippen molar-refractivity contribution in [1.82, 2.24) is 30.1 Å². The van der Waals surface area contributed by atoms with Crippen molar-refractivity contribution in [2.75, 3.05) is 26.2 Å². The zero-order chi connectivity index (χ0) is 25.6. The van der Waals surface area contributed by atoms with Crippen molar-refractivity contribution in [3.8, 4) is 0 Å². The zero-order valence-electron chi connectivity index (χ0n) is 19.9. The van der Waals surface area contributed by atoms with Crippen molar-refractivity contribution >= 4 is 45.2 Å². The topological polar surface area (TPSA) is 113 Å². The average molecular weight is 561 g/mol. The Morgan fingerprint density at radius 2 is 2.35 bits per heavy atom. The summed E-state index contributed by atoms with van der Waals surface area (Å²) in [6.45, 7) is 4.58. The maximum atomic E-state index is 11.6. The number of hydrogen-bond donors (Lipinski definition) is 3. The maximum absolute atomic E-state index is 11.6. The van der Waals surface area contributed by atoms with Crippen LogP contribution in [-0.2, 0) is 15.9 Å². The zero-order valence-corrected chi connectivity index (χ0v) is 22.3. The van der Waals surface area contributed by atoms with E-state index in [-0.39, 0.29) is 17.7 Å². The molecule has 3 aliphatic heterocycles. The smallest absolute Gasteiger partial charge is 0.336 e. The molecule has 37 heavy (non-hydrogen) atoms. The average Bonchev–Trinajstić information content (AvgIpc) is 3.60. The fourth-order valence-electron chi connectivity index (χ4n) is 4.82. The normalized spacial score (nSPS) is 25.8. The number of halogens is 1. The van der Waals surface area contributed by atoms with Gasteiger partial charge in [0.25, 0.3) is 0 Å². The third-order valence-corrected chi connectivity index (χ3v) is 8.91. The number of nitrogens with zero attached hydrogens (tertiary/aromatic N) is 4. The highest BCUT2D eigenvalue weighted by molar-refractivity contribution is 7.16. The third kappa shape index (κ3) is 4.42. The quantitative estimate of drug-likeness (QED) is 0.237. The summed E-state index contributed by atoms with van der Waals surface area (Å²) in [5, 5.41) is 23.3. The number of dihydropyridines is 1. The molecular weight excluding hydrogens is 536 g/mol. The molecule has 0 radical (unpaired) electrons. The molecule has 0 amide bonds. The van der Waals surface area contributed by atoms with Crippen molar-refractivity contribution in [1.29, 1.82) is 0 Å². The molecule has 1 saturated heterocycles. The minimum Gasteiger partial charge on any atom is -0.478 e. The summed E-state index contributed by atoms with van der Waals surface area (Å²) in [6, 6.07) is 1.46. The van der Waals surface area contributed by atoms with E-state index in [1.54, 1.807) is 35.2 Å². The first kappa shape index (κ1) is 24.4. The van der Waals surface area contributed by atoms with Gasteiger partial charge in [-0.2, -0.15) is 5.10 Å². The van der Waals surface area contributed by atoms with Crippen LogP contribution in [0.2, 0.25) is 0 Å². The second kappa shape index (κ2) is 9.76. The molecule has 3 aromatic heterocycles. The number of ether oxygens (including phenoxy) is 2. The molecule has 0 aliphatic carbocycles. The predicted octanol–water partition coefficient (Wildman–Crippen LogP) is 3.22.